The summed E-state index contributed by atoms with van der Waals surface area (Å²) in [6, 6.07) is 0. The van der Waals surface area contributed by atoms with Crippen molar-refractivity contribution in [2.45, 2.75) is 23.4 Å². The van der Waals surface area contributed by atoms with Crippen LogP contribution in [0, 0.1) is 0 Å². The van der Waals surface area contributed by atoms with E-state index in [0.29, 0.717) is 26.6 Å². The first-order chi connectivity index (χ1) is 3.00. The van der Waals surface area contributed by atoms with Gasteiger partial charge in [-0.15, -0.1) is 10.6 Å². The summed E-state index contributed by atoms with van der Waals surface area (Å²) in [6.07, 6.45) is 3.19. The molecule has 0 aliphatic carbocycles. The van der Waals surface area contributed by atoms with Crippen LogP contribution in [0.5, 0.6) is 0 Å². The van der Waals surface area contributed by atoms with Gasteiger partial charge in [-0.3, -0.25) is 0 Å². The van der Waals surface area contributed by atoms with Crippen molar-refractivity contribution in [3.8, 4) is 0 Å². The van der Waals surface area contributed by atoms with Crippen LogP contribution >= 0.6 is 0 Å². The molecule has 1 rings (SSSR count). The van der Waals surface area contributed by atoms with Crippen LogP contribution in [0.2, 0.25) is 10.6 Å². The molecule has 1 fully saturated rings. The zero-order valence-electron chi connectivity index (χ0n) is 4.24. The summed E-state index contributed by atoms with van der Waals surface area (Å²) in [5.41, 5.74) is 0. The first-order valence-corrected chi connectivity index (χ1v) is 9.00. The third-order valence-electron chi connectivity index (χ3n) is 1.50. The van der Waals surface area contributed by atoms with E-state index in [4.69, 9.17) is 0 Å². The highest BCUT2D eigenvalue weighted by Gasteiger charge is 2.01. The number of rotatable bonds is 0. The van der Waals surface area contributed by atoms with E-state index in [1.165, 1.54) is 0 Å². The Hall–Kier alpha value is 1.06. The summed E-state index contributed by atoms with van der Waals surface area (Å²) in [7, 11) is 0. The molecule has 1 aliphatic rings. The molecule has 0 nitrogen and oxygen atoms in total. The third kappa shape index (κ3) is 1.68. The summed E-state index contributed by atoms with van der Waals surface area (Å²) in [4.78, 5) is 0. The van der Waals surface area contributed by atoms with Crippen LogP contribution in [0.25, 0.3) is 0 Å². The van der Waals surface area contributed by atoms with Crippen LogP contribution < -0.4 is 0 Å². The van der Waals surface area contributed by atoms with Crippen molar-refractivity contribution < 1.29 is 0 Å². The molecule has 1 aliphatic heterocycles. The molecule has 0 radical (unpaired) electrons. The second-order valence-corrected chi connectivity index (χ2v) is 9.19. The van der Waals surface area contributed by atoms with Crippen LogP contribution in [0.1, 0.15) is 12.8 Å². The molecule has 1 saturated heterocycles. The van der Waals surface area contributed by atoms with E-state index in [1.54, 1.807) is 23.4 Å². The molecule has 0 bridgehead atoms. The van der Waals surface area contributed by atoms with Crippen LogP contribution in [0.3, 0.4) is 0 Å². The molecule has 0 spiro atoms. The van der Waals surface area contributed by atoms with Crippen molar-refractivity contribution >= 4 is 26.6 Å². The summed E-state index contributed by atoms with van der Waals surface area (Å²) in [6.45, 7) is 0. The second-order valence-electron chi connectivity index (χ2n) is 2.12. The molecule has 0 atom stereocenters. The fourth-order valence-corrected chi connectivity index (χ4v) is 7.42. The molecular formula is C4H10Al2. The largest absolute Gasteiger partial charge is 0.173 e. The lowest BCUT2D eigenvalue weighted by molar-refractivity contribution is 0.867. The number of hydrogen-bond acceptors (Lipinski definition) is 0. The van der Waals surface area contributed by atoms with Crippen molar-refractivity contribution in [1.82, 2.24) is 0 Å². The third-order valence-corrected chi connectivity index (χ3v) is 8.50. The SMILES string of the molecule is C1C[CH2][AlH][AlH][CH2]1. The minimum Gasteiger partial charge on any atom is -0.109 e. The van der Waals surface area contributed by atoms with Crippen LogP contribution in [0.15, 0.2) is 0 Å². The Labute approximate surface area is 50.2 Å². The van der Waals surface area contributed by atoms with Gasteiger partial charge in [0.2, 0.25) is 0 Å². The average Bonchev–Trinajstić information content (AvgIpc) is 1.72. The molecular weight excluding hydrogens is 102 g/mol. The molecule has 0 aromatic rings. The van der Waals surface area contributed by atoms with Gasteiger partial charge in [0.05, 0.1) is 0 Å². The molecule has 0 saturated carbocycles. The lowest BCUT2D eigenvalue weighted by Crippen LogP contribution is -2.07. The Kier molecular flexibility index (Phi) is 2.70. The Morgan fingerprint density at radius 1 is 0.833 bits per heavy atom. The standard InChI is InChI=1S/C4H8.2Al.2H/c1-3-4-2;;;;/h1-4H2;;;;. The lowest BCUT2D eigenvalue weighted by Gasteiger charge is -2.01. The van der Waals surface area contributed by atoms with E-state index in [-0.39, 0.29) is 0 Å². The number of hydrogen-bond donors (Lipinski definition) is 0. The minimum atomic E-state index is 0.647. The first-order valence-electron chi connectivity index (χ1n) is 3.00. The predicted octanol–water partition coefficient (Wildman–Crippen LogP) is 0.405. The van der Waals surface area contributed by atoms with Crippen molar-refractivity contribution in [3.63, 3.8) is 0 Å². The zero-order chi connectivity index (χ0) is 4.24. The maximum atomic E-state index is 1.70. The van der Waals surface area contributed by atoms with Gasteiger partial charge in [0.25, 0.3) is 0 Å². The second kappa shape index (κ2) is 3.12. The van der Waals surface area contributed by atoms with Crippen molar-refractivity contribution in [2.24, 2.45) is 0 Å². The van der Waals surface area contributed by atoms with Gasteiger partial charge >= 0.3 is 0 Å². The van der Waals surface area contributed by atoms with Crippen molar-refractivity contribution in [1.29, 1.82) is 0 Å². The van der Waals surface area contributed by atoms with E-state index in [1.807, 2.05) is 0 Å². The quantitative estimate of drug-likeness (QED) is 0.398. The summed E-state index contributed by atoms with van der Waals surface area (Å²) < 4.78 is 0. The maximum Gasteiger partial charge on any atom is 0.173 e. The molecule has 1 heterocycles. The van der Waals surface area contributed by atoms with E-state index in [0.717, 1.165) is 0 Å². The van der Waals surface area contributed by atoms with Gasteiger partial charge in [-0.1, -0.05) is 12.8 Å². The summed E-state index contributed by atoms with van der Waals surface area (Å²) in [5, 5.41) is 3.40. The van der Waals surface area contributed by atoms with Crippen LogP contribution in [-0.4, -0.2) is 26.6 Å². The molecule has 0 unspecified atom stereocenters. The van der Waals surface area contributed by atoms with Gasteiger partial charge in [0.1, 0.15) is 0 Å². The molecule has 32 valence electrons. The van der Waals surface area contributed by atoms with Gasteiger partial charge in [0.15, 0.2) is 26.6 Å². The summed E-state index contributed by atoms with van der Waals surface area (Å²) >= 11 is 1.29. The van der Waals surface area contributed by atoms with Gasteiger partial charge < -0.3 is 0 Å². The van der Waals surface area contributed by atoms with Gasteiger partial charge in [-0.2, -0.15) is 0 Å². The fraction of sp³-hybridized carbons (Fsp3) is 1.00. The fourth-order valence-electron chi connectivity index (χ4n) is 1.06. The van der Waals surface area contributed by atoms with Gasteiger partial charge in [-0.25, -0.2) is 0 Å². The summed E-state index contributed by atoms with van der Waals surface area (Å²) in [5.74, 6) is 0. The Morgan fingerprint density at radius 2 is 1.33 bits per heavy atom. The topological polar surface area (TPSA) is 0 Å². The van der Waals surface area contributed by atoms with Gasteiger partial charge in [-0.05, 0) is 0 Å². The highest BCUT2D eigenvalue weighted by Crippen LogP contribution is 2.04. The zero-order valence-corrected chi connectivity index (χ0v) is 7.07. The van der Waals surface area contributed by atoms with E-state index in [9.17, 15) is 0 Å². The molecule has 0 aromatic carbocycles. The highest BCUT2D eigenvalue weighted by molar-refractivity contribution is 7.00. The van der Waals surface area contributed by atoms with Crippen LogP contribution in [0.4, 0.5) is 0 Å². The van der Waals surface area contributed by atoms with E-state index < -0.39 is 0 Å². The molecule has 0 amide bonds. The van der Waals surface area contributed by atoms with Gasteiger partial charge in [0, 0.05) is 0 Å². The predicted molar refractivity (Wildman–Crippen MR) is 33.1 cm³/mol. The normalized spacial score (nSPS) is 21.3. The molecule has 2 heteroatoms. The van der Waals surface area contributed by atoms with Crippen molar-refractivity contribution in [3.05, 3.63) is 0 Å². The monoisotopic (exact) mass is 112 g/mol. The Balaban J connectivity index is 2.00. The molecule has 0 aromatic heterocycles. The highest BCUT2D eigenvalue weighted by atomic mass is 28.0. The van der Waals surface area contributed by atoms with Crippen molar-refractivity contribution in [2.75, 3.05) is 0 Å². The van der Waals surface area contributed by atoms with E-state index in [2.05, 4.69) is 0 Å². The Bertz CT molecular complexity index is 21.0. The maximum absolute atomic E-state index is 1.70. The average molecular weight is 112 g/mol. The Morgan fingerprint density at radius 3 is 1.50 bits per heavy atom. The van der Waals surface area contributed by atoms with Crippen LogP contribution in [-0.2, 0) is 0 Å². The minimum absolute atomic E-state index is 0.647. The molecule has 6 heavy (non-hydrogen) atoms. The van der Waals surface area contributed by atoms with E-state index >= 15 is 0 Å². The lowest BCUT2D eigenvalue weighted by atomic mass is 10.4. The molecule has 0 N–H and O–H groups in total. The smallest absolute Gasteiger partial charge is 0.109 e. The first kappa shape index (κ1) is 5.21.